The minimum absolute atomic E-state index is 0.0386. The molecule has 1 aromatic carbocycles. The predicted molar refractivity (Wildman–Crippen MR) is 128 cm³/mol. The van der Waals surface area contributed by atoms with E-state index in [4.69, 9.17) is 0 Å². The number of carbonyl (C=O) groups is 2. The number of amides is 1. The summed E-state index contributed by atoms with van der Waals surface area (Å²) in [6, 6.07) is 4.60. The second kappa shape index (κ2) is 10.4. The fraction of sp³-hybridized carbons (Fsp3) is 0.520. The average molecular weight is 506 g/mol. The van der Waals surface area contributed by atoms with E-state index in [1.54, 1.807) is 6.07 Å². The fourth-order valence-corrected chi connectivity index (χ4v) is 5.09. The SMILES string of the molecule is Cc1cc(C(=O)O)c(NC(=O)c2ccc(N3CNC4(CCCCCCCC4)C3)nn2)cc1C(F)(F)F. The maximum atomic E-state index is 13.3. The van der Waals surface area contributed by atoms with Crippen molar-refractivity contribution in [3.8, 4) is 0 Å². The Morgan fingerprint density at radius 1 is 1.06 bits per heavy atom. The first-order chi connectivity index (χ1) is 17.1. The summed E-state index contributed by atoms with van der Waals surface area (Å²) in [5.74, 6) is -1.71. The van der Waals surface area contributed by atoms with Crippen LogP contribution in [0.5, 0.6) is 0 Å². The summed E-state index contributed by atoms with van der Waals surface area (Å²) < 4.78 is 40.0. The van der Waals surface area contributed by atoms with Crippen molar-refractivity contribution in [3.05, 3.63) is 46.6 Å². The Balaban J connectivity index is 1.48. The van der Waals surface area contributed by atoms with Gasteiger partial charge in [0.1, 0.15) is 0 Å². The van der Waals surface area contributed by atoms with Gasteiger partial charge in [0.25, 0.3) is 5.91 Å². The van der Waals surface area contributed by atoms with Crippen molar-refractivity contribution >= 4 is 23.4 Å². The summed E-state index contributed by atoms with van der Waals surface area (Å²) in [5, 5.41) is 23.4. The molecule has 11 heteroatoms. The van der Waals surface area contributed by atoms with Gasteiger partial charge in [0.15, 0.2) is 11.5 Å². The zero-order chi connectivity index (χ0) is 25.9. The van der Waals surface area contributed by atoms with Crippen molar-refractivity contribution in [2.75, 3.05) is 23.4 Å². The third-order valence-electron chi connectivity index (χ3n) is 7.05. The third kappa shape index (κ3) is 5.77. The molecule has 2 aliphatic rings. The molecule has 0 bridgehead atoms. The lowest BCUT2D eigenvalue weighted by atomic mass is 9.88. The molecule has 0 radical (unpaired) electrons. The molecule has 1 saturated heterocycles. The van der Waals surface area contributed by atoms with Crippen LogP contribution in [0.15, 0.2) is 24.3 Å². The number of halogens is 3. The number of aromatic carboxylic acids is 1. The first-order valence-corrected chi connectivity index (χ1v) is 12.2. The molecule has 0 atom stereocenters. The van der Waals surface area contributed by atoms with E-state index in [9.17, 15) is 27.9 Å². The summed E-state index contributed by atoms with van der Waals surface area (Å²) in [7, 11) is 0. The lowest BCUT2D eigenvalue weighted by Gasteiger charge is -2.29. The predicted octanol–water partition coefficient (Wildman–Crippen LogP) is 4.99. The van der Waals surface area contributed by atoms with Gasteiger partial charge in [-0.05, 0) is 49.6 Å². The van der Waals surface area contributed by atoms with Gasteiger partial charge in [-0.25, -0.2) is 4.79 Å². The van der Waals surface area contributed by atoms with E-state index in [2.05, 4.69) is 25.7 Å². The van der Waals surface area contributed by atoms with Crippen molar-refractivity contribution in [2.45, 2.75) is 70.0 Å². The molecule has 1 aliphatic carbocycles. The van der Waals surface area contributed by atoms with E-state index in [0.29, 0.717) is 18.6 Å². The van der Waals surface area contributed by atoms with E-state index in [-0.39, 0.29) is 16.8 Å². The number of anilines is 2. The van der Waals surface area contributed by atoms with Crippen LogP contribution >= 0.6 is 0 Å². The van der Waals surface area contributed by atoms with Crippen molar-refractivity contribution in [1.29, 1.82) is 0 Å². The van der Waals surface area contributed by atoms with Crippen LogP contribution < -0.4 is 15.5 Å². The number of nitrogens with one attached hydrogen (secondary N) is 2. The van der Waals surface area contributed by atoms with Gasteiger partial charge in [-0.15, -0.1) is 10.2 Å². The molecule has 36 heavy (non-hydrogen) atoms. The van der Waals surface area contributed by atoms with Crippen molar-refractivity contribution < 1.29 is 27.9 Å². The van der Waals surface area contributed by atoms with Crippen LogP contribution in [0.1, 0.15) is 83.3 Å². The Kier molecular flexibility index (Phi) is 7.49. The summed E-state index contributed by atoms with van der Waals surface area (Å²) in [4.78, 5) is 26.3. The van der Waals surface area contributed by atoms with Gasteiger partial charge in [0, 0.05) is 12.1 Å². The lowest BCUT2D eigenvalue weighted by Crippen LogP contribution is -2.42. The number of hydrogen-bond acceptors (Lipinski definition) is 6. The highest BCUT2D eigenvalue weighted by Crippen LogP contribution is 2.35. The number of rotatable bonds is 4. The Labute approximate surface area is 207 Å². The molecule has 1 aromatic heterocycles. The maximum Gasteiger partial charge on any atom is 0.416 e. The molecule has 2 heterocycles. The topological polar surface area (TPSA) is 107 Å². The Hall–Kier alpha value is -3.21. The van der Waals surface area contributed by atoms with Gasteiger partial charge in [-0.1, -0.05) is 38.5 Å². The number of carboxylic acids is 1. The van der Waals surface area contributed by atoms with E-state index < -0.39 is 34.9 Å². The number of carbonyl (C=O) groups excluding carboxylic acids is 1. The highest BCUT2D eigenvalue weighted by molar-refractivity contribution is 6.07. The first-order valence-electron chi connectivity index (χ1n) is 12.2. The monoisotopic (exact) mass is 505 g/mol. The van der Waals surface area contributed by atoms with Gasteiger partial charge in [0.2, 0.25) is 0 Å². The highest BCUT2D eigenvalue weighted by atomic mass is 19.4. The highest BCUT2D eigenvalue weighted by Gasteiger charge is 2.38. The molecule has 1 saturated carbocycles. The smallest absolute Gasteiger partial charge is 0.416 e. The number of nitrogens with zero attached hydrogens (tertiary/aromatic N) is 3. The molecule has 4 rings (SSSR count). The van der Waals surface area contributed by atoms with Crippen LogP contribution in [-0.4, -0.2) is 45.9 Å². The molecule has 194 valence electrons. The molecule has 1 aliphatic heterocycles. The number of carboxylic acid groups (broad SMARTS) is 1. The molecular weight excluding hydrogens is 475 g/mol. The third-order valence-corrected chi connectivity index (χ3v) is 7.05. The number of benzene rings is 1. The quantitative estimate of drug-likeness (QED) is 0.537. The van der Waals surface area contributed by atoms with E-state index in [0.717, 1.165) is 25.5 Å². The molecule has 2 aromatic rings. The van der Waals surface area contributed by atoms with Crippen LogP contribution in [0.25, 0.3) is 0 Å². The van der Waals surface area contributed by atoms with E-state index in [1.165, 1.54) is 51.5 Å². The Morgan fingerprint density at radius 2 is 1.72 bits per heavy atom. The lowest BCUT2D eigenvalue weighted by molar-refractivity contribution is -0.138. The molecule has 2 fully saturated rings. The minimum atomic E-state index is -4.70. The van der Waals surface area contributed by atoms with Gasteiger partial charge in [-0.3, -0.25) is 10.1 Å². The molecule has 1 spiro atoms. The molecule has 8 nitrogen and oxygen atoms in total. The molecule has 1 amide bonds. The van der Waals surface area contributed by atoms with Crippen molar-refractivity contribution in [3.63, 3.8) is 0 Å². The van der Waals surface area contributed by atoms with Gasteiger partial charge in [-0.2, -0.15) is 13.2 Å². The zero-order valence-electron chi connectivity index (χ0n) is 20.1. The van der Waals surface area contributed by atoms with Gasteiger partial charge < -0.3 is 15.3 Å². The number of alkyl halides is 3. The van der Waals surface area contributed by atoms with E-state index in [1.807, 2.05) is 0 Å². The fourth-order valence-electron chi connectivity index (χ4n) is 5.09. The van der Waals surface area contributed by atoms with Crippen molar-refractivity contribution in [2.24, 2.45) is 0 Å². The average Bonchev–Trinajstić information content (AvgIpc) is 3.29. The minimum Gasteiger partial charge on any atom is -0.478 e. The van der Waals surface area contributed by atoms with Crippen molar-refractivity contribution in [1.82, 2.24) is 15.5 Å². The zero-order valence-corrected chi connectivity index (χ0v) is 20.1. The summed E-state index contributed by atoms with van der Waals surface area (Å²) in [6.07, 6.45) is 4.90. The standard InChI is InChI=1S/C25H30F3N5O3/c1-16-12-17(23(35)36)20(13-18(16)25(26,27)28)30-22(34)19-8-9-21(32-31-19)33-14-24(29-15-33)10-6-4-2-3-5-7-11-24/h8-9,12-13,29H,2-7,10-11,14-15H2,1H3,(H,30,34)(H,35,36). The van der Waals surface area contributed by atoms with Crippen LogP contribution in [0.2, 0.25) is 0 Å². The first kappa shape index (κ1) is 25.9. The van der Waals surface area contributed by atoms with Gasteiger partial charge in [0.05, 0.1) is 23.5 Å². The normalized spacial score (nSPS) is 18.4. The van der Waals surface area contributed by atoms with Crippen LogP contribution in [0.4, 0.5) is 24.7 Å². The van der Waals surface area contributed by atoms with Gasteiger partial charge >= 0.3 is 12.1 Å². The van der Waals surface area contributed by atoms with Crippen LogP contribution in [0, 0.1) is 6.92 Å². The molecule has 3 N–H and O–H groups in total. The Bertz CT molecular complexity index is 1110. The number of aryl methyl sites for hydroxylation is 1. The maximum absolute atomic E-state index is 13.3. The number of hydrogen-bond donors (Lipinski definition) is 3. The summed E-state index contributed by atoms with van der Waals surface area (Å²) >= 11 is 0. The second-order valence-corrected chi connectivity index (χ2v) is 9.68. The largest absolute Gasteiger partial charge is 0.478 e. The number of aromatic nitrogens is 2. The van der Waals surface area contributed by atoms with Crippen LogP contribution in [-0.2, 0) is 6.18 Å². The van der Waals surface area contributed by atoms with E-state index >= 15 is 0 Å². The second-order valence-electron chi connectivity index (χ2n) is 9.68. The molecular formula is C25H30F3N5O3. The summed E-state index contributed by atoms with van der Waals surface area (Å²) in [5.41, 5.74) is -2.27. The Morgan fingerprint density at radius 3 is 2.31 bits per heavy atom. The summed E-state index contributed by atoms with van der Waals surface area (Å²) in [6.45, 7) is 2.57. The molecule has 0 unspecified atom stereocenters. The van der Waals surface area contributed by atoms with Crippen LogP contribution in [0.3, 0.4) is 0 Å².